The molecule has 0 spiro atoms. The minimum atomic E-state index is -0.331. The van der Waals surface area contributed by atoms with Crippen LogP contribution in [0.25, 0.3) is 27.8 Å². The van der Waals surface area contributed by atoms with E-state index in [4.69, 9.17) is 10.8 Å². The number of hydrogen-bond donors (Lipinski definition) is 2. The van der Waals surface area contributed by atoms with Crippen LogP contribution in [-0.2, 0) is 5.41 Å². The summed E-state index contributed by atoms with van der Waals surface area (Å²) in [4.78, 5) is 16.8. The van der Waals surface area contributed by atoms with E-state index in [1.165, 1.54) is 5.56 Å². The number of amides is 1. The van der Waals surface area contributed by atoms with Crippen molar-refractivity contribution in [2.75, 3.05) is 0 Å². The highest BCUT2D eigenvalue weighted by atomic mass is 16.2. The maximum Gasteiger partial charge on any atom is 0.265 e. The molecule has 0 aliphatic heterocycles. The molecule has 0 saturated heterocycles. The molecular formula is C22H22N4O. The summed E-state index contributed by atoms with van der Waals surface area (Å²) in [7, 11) is 0. The van der Waals surface area contributed by atoms with Crippen molar-refractivity contribution in [3.05, 3.63) is 71.9 Å². The van der Waals surface area contributed by atoms with E-state index in [2.05, 4.69) is 60.9 Å². The quantitative estimate of drug-likeness (QED) is 0.322. The SMILES string of the molecule is CC(C)(C)c1ccc(-c2nc3cc(C(=O)NN)ccc3n3cccc23)cc1. The molecule has 136 valence electrons. The minimum absolute atomic E-state index is 0.101. The van der Waals surface area contributed by atoms with E-state index in [1.807, 2.05) is 18.3 Å². The minimum Gasteiger partial charge on any atom is -0.313 e. The third kappa shape index (κ3) is 2.96. The summed E-state index contributed by atoms with van der Waals surface area (Å²) in [6.07, 6.45) is 2.01. The number of nitrogen functional groups attached to an aromatic ring is 1. The first-order valence-corrected chi connectivity index (χ1v) is 8.91. The zero-order chi connectivity index (χ0) is 19.2. The van der Waals surface area contributed by atoms with Gasteiger partial charge in [0.2, 0.25) is 0 Å². The lowest BCUT2D eigenvalue weighted by molar-refractivity contribution is 0.0954. The van der Waals surface area contributed by atoms with Gasteiger partial charge in [0.1, 0.15) is 0 Å². The third-order valence-electron chi connectivity index (χ3n) is 4.88. The standard InChI is InChI=1S/C22H22N4O/c1-22(2,3)16-9-6-14(7-10-16)20-19-5-4-12-26(19)18-11-8-15(21(27)25-23)13-17(18)24-20/h4-13H,23H2,1-3H3,(H,25,27). The normalized spacial score (nSPS) is 11.9. The molecule has 5 nitrogen and oxygen atoms in total. The predicted octanol–water partition coefficient (Wildman–Crippen LogP) is 4.06. The van der Waals surface area contributed by atoms with E-state index in [-0.39, 0.29) is 11.3 Å². The zero-order valence-electron chi connectivity index (χ0n) is 15.7. The second-order valence-corrected chi connectivity index (χ2v) is 7.73. The summed E-state index contributed by atoms with van der Waals surface area (Å²) in [5, 5.41) is 0. The molecular weight excluding hydrogens is 336 g/mol. The summed E-state index contributed by atoms with van der Waals surface area (Å²) >= 11 is 0. The second-order valence-electron chi connectivity index (χ2n) is 7.73. The molecule has 3 N–H and O–H groups in total. The van der Waals surface area contributed by atoms with Gasteiger partial charge in [0.25, 0.3) is 5.91 Å². The number of nitrogens with two attached hydrogens (primary N) is 1. The molecule has 1 amide bonds. The number of nitrogens with zero attached hydrogens (tertiary/aromatic N) is 2. The summed E-state index contributed by atoms with van der Waals surface area (Å²) in [6.45, 7) is 6.60. The van der Waals surface area contributed by atoms with Gasteiger partial charge in [-0.25, -0.2) is 10.8 Å². The van der Waals surface area contributed by atoms with Crippen LogP contribution in [0.4, 0.5) is 0 Å². The molecule has 4 rings (SSSR count). The highest BCUT2D eigenvalue weighted by Crippen LogP contribution is 2.30. The summed E-state index contributed by atoms with van der Waals surface area (Å²) < 4.78 is 2.10. The molecule has 0 radical (unpaired) electrons. The van der Waals surface area contributed by atoms with E-state index in [0.717, 1.165) is 27.8 Å². The molecule has 5 heteroatoms. The van der Waals surface area contributed by atoms with Crippen LogP contribution in [0.1, 0.15) is 36.7 Å². The number of benzene rings is 2. The average Bonchev–Trinajstić information content (AvgIpc) is 3.15. The Morgan fingerprint density at radius 1 is 1.04 bits per heavy atom. The molecule has 0 fully saturated rings. The van der Waals surface area contributed by atoms with Gasteiger partial charge < -0.3 is 4.40 Å². The number of rotatable bonds is 2. The van der Waals surface area contributed by atoms with Gasteiger partial charge in [-0.05, 0) is 41.3 Å². The van der Waals surface area contributed by atoms with Crippen molar-refractivity contribution in [1.82, 2.24) is 14.8 Å². The van der Waals surface area contributed by atoms with E-state index in [1.54, 1.807) is 12.1 Å². The van der Waals surface area contributed by atoms with Crippen molar-refractivity contribution in [1.29, 1.82) is 0 Å². The number of hydrogen-bond acceptors (Lipinski definition) is 3. The number of carbonyl (C=O) groups is 1. The van der Waals surface area contributed by atoms with E-state index in [9.17, 15) is 4.79 Å². The molecule has 2 aromatic heterocycles. The molecule has 0 atom stereocenters. The maximum atomic E-state index is 11.9. The smallest absolute Gasteiger partial charge is 0.265 e. The Morgan fingerprint density at radius 3 is 2.44 bits per heavy atom. The Morgan fingerprint density at radius 2 is 1.78 bits per heavy atom. The van der Waals surface area contributed by atoms with Crippen LogP contribution >= 0.6 is 0 Å². The summed E-state index contributed by atoms with van der Waals surface area (Å²) in [5.74, 6) is 4.94. The van der Waals surface area contributed by atoms with Crippen molar-refractivity contribution in [3.8, 4) is 11.3 Å². The molecule has 4 aromatic rings. The lowest BCUT2D eigenvalue weighted by Gasteiger charge is -2.19. The Bertz CT molecular complexity index is 1150. The van der Waals surface area contributed by atoms with E-state index < -0.39 is 0 Å². The molecule has 2 heterocycles. The first-order valence-electron chi connectivity index (χ1n) is 8.91. The van der Waals surface area contributed by atoms with Gasteiger partial charge in [0, 0.05) is 17.3 Å². The topological polar surface area (TPSA) is 72.4 Å². The number of fused-ring (bicyclic) bond motifs is 3. The average molecular weight is 358 g/mol. The van der Waals surface area contributed by atoms with Crippen LogP contribution in [0.15, 0.2) is 60.8 Å². The number of nitrogens with one attached hydrogen (secondary N) is 1. The Labute approximate surface area is 157 Å². The van der Waals surface area contributed by atoms with Crippen molar-refractivity contribution in [3.63, 3.8) is 0 Å². The van der Waals surface area contributed by atoms with Crippen LogP contribution in [0.5, 0.6) is 0 Å². The highest BCUT2D eigenvalue weighted by molar-refractivity contribution is 5.98. The van der Waals surface area contributed by atoms with Crippen LogP contribution in [0, 0.1) is 0 Å². The Hall–Kier alpha value is -3.18. The molecule has 2 aromatic carbocycles. The fourth-order valence-corrected chi connectivity index (χ4v) is 3.34. The van der Waals surface area contributed by atoms with Gasteiger partial charge in [0.15, 0.2) is 0 Å². The van der Waals surface area contributed by atoms with Crippen LogP contribution in [-0.4, -0.2) is 15.3 Å². The molecule has 0 unspecified atom stereocenters. The first kappa shape index (κ1) is 17.2. The van der Waals surface area contributed by atoms with E-state index in [0.29, 0.717) is 5.56 Å². The van der Waals surface area contributed by atoms with Crippen molar-refractivity contribution in [2.45, 2.75) is 26.2 Å². The van der Waals surface area contributed by atoms with Gasteiger partial charge in [-0.1, -0.05) is 45.0 Å². The Balaban J connectivity index is 1.93. The largest absolute Gasteiger partial charge is 0.313 e. The monoisotopic (exact) mass is 358 g/mol. The van der Waals surface area contributed by atoms with Gasteiger partial charge in [-0.3, -0.25) is 10.2 Å². The van der Waals surface area contributed by atoms with E-state index >= 15 is 0 Å². The summed E-state index contributed by atoms with van der Waals surface area (Å²) in [6, 6.07) is 18.0. The maximum absolute atomic E-state index is 11.9. The number of hydrazine groups is 1. The second kappa shape index (κ2) is 6.21. The lowest BCUT2D eigenvalue weighted by Crippen LogP contribution is -2.29. The van der Waals surface area contributed by atoms with Crippen molar-refractivity contribution in [2.24, 2.45) is 5.84 Å². The van der Waals surface area contributed by atoms with Gasteiger partial charge in [-0.2, -0.15) is 0 Å². The highest BCUT2D eigenvalue weighted by Gasteiger charge is 2.15. The Kier molecular flexibility index (Phi) is 3.97. The zero-order valence-corrected chi connectivity index (χ0v) is 15.7. The first-order chi connectivity index (χ1) is 12.9. The van der Waals surface area contributed by atoms with Crippen molar-refractivity contribution >= 4 is 22.5 Å². The fourth-order valence-electron chi connectivity index (χ4n) is 3.34. The van der Waals surface area contributed by atoms with Crippen molar-refractivity contribution < 1.29 is 4.79 Å². The number of carbonyl (C=O) groups excluding carboxylic acids is 1. The number of aromatic nitrogens is 2. The third-order valence-corrected chi connectivity index (χ3v) is 4.88. The lowest BCUT2D eigenvalue weighted by atomic mass is 9.86. The molecule has 0 aliphatic carbocycles. The van der Waals surface area contributed by atoms with Crippen LogP contribution in [0.2, 0.25) is 0 Å². The molecule has 27 heavy (non-hydrogen) atoms. The fraction of sp³-hybridized carbons (Fsp3) is 0.182. The van der Waals surface area contributed by atoms with Gasteiger partial charge in [-0.15, -0.1) is 0 Å². The van der Waals surface area contributed by atoms with Gasteiger partial charge >= 0.3 is 0 Å². The molecule has 0 aliphatic rings. The predicted molar refractivity (Wildman–Crippen MR) is 108 cm³/mol. The molecule has 0 saturated carbocycles. The van der Waals surface area contributed by atoms with Gasteiger partial charge in [0.05, 0.1) is 22.2 Å². The van der Waals surface area contributed by atoms with Crippen LogP contribution < -0.4 is 11.3 Å². The summed E-state index contributed by atoms with van der Waals surface area (Å²) in [5.41, 5.74) is 8.68. The van der Waals surface area contributed by atoms with Crippen LogP contribution in [0.3, 0.4) is 0 Å². The molecule has 0 bridgehead atoms.